The van der Waals surface area contributed by atoms with Crippen LogP contribution in [-0.2, 0) is 11.2 Å². The number of carboxylic acid groups (broad SMARTS) is 1. The number of thiophene rings is 1. The summed E-state index contributed by atoms with van der Waals surface area (Å²) in [5.41, 5.74) is -0.0807. The highest BCUT2D eigenvalue weighted by Crippen LogP contribution is 2.25. The molecule has 0 unspecified atom stereocenters. The molecule has 118 valence electrons. The van der Waals surface area contributed by atoms with Gasteiger partial charge in [-0.1, -0.05) is 19.9 Å². The van der Waals surface area contributed by atoms with Gasteiger partial charge in [-0.3, -0.25) is 4.79 Å². The third-order valence-electron chi connectivity index (χ3n) is 3.34. The van der Waals surface area contributed by atoms with E-state index < -0.39 is 5.97 Å². The Hall–Kier alpha value is -1.56. The third kappa shape index (κ3) is 8.34. The van der Waals surface area contributed by atoms with E-state index in [1.54, 1.807) is 11.3 Å². The smallest absolute Gasteiger partial charge is 0.314 e. The number of carboxylic acids is 1. The Labute approximate surface area is 129 Å². The highest BCUT2D eigenvalue weighted by Gasteiger charge is 2.19. The van der Waals surface area contributed by atoms with Crippen LogP contribution in [0.15, 0.2) is 17.5 Å². The molecule has 1 heterocycles. The summed E-state index contributed by atoms with van der Waals surface area (Å²) < 4.78 is 0. The normalized spacial score (nSPS) is 11.1. The van der Waals surface area contributed by atoms with E-state index in [2.05, 4.69) is 16.7 Å². The van der Waals surface area contributed by atoms with Gasteiger partial charge in [0.05, 0.1) is 0 Å². The molecule has 2 amide bonds. The number of carbonyl (C=O) groups excluding carboxylic acids is 1. The first-order valence-electron chi connectivity index (χ1n) is 7.15. The predicted molar refractivity (Wildman–Crippen MR) is 84.7 cm³/mol. The molecule has 5 nitrogen and oxygen atoms in total. The zero-order chi connectivity index (χ0) is 15.7. The Morgan fingerprint density at radius 1 is 1.24 bits per heavy atom. The number of aliphatic carboxylic acids is 1. The van der Waals surface area contributed by atoms with E-state index in [9.17, 15) is 9.59 Å². The van der Waals surface area contributed by atoms with Crippen molar-refractivity contribution in [3.8, 4) is 0 Å². The van der Waals surface area contributed by atoms with Gasteiger partial charge in [-0.2, -0.15) is 0 Å². The maximum atomic E-state index is 11.6. The second kappa shape index (κ2) is 8.67. The zero-order valence-corrected chi connectivity index (χ0v) is 13.5. The summed E-state index contributed by atoms with van der Waals surface area (Å²) >= 11 is 1.68. The van der Waals surface area contributed by atoms with Crippen LogP contribution in [0.1, 0.15) is 38.0 Å². The van der Waals surface area contributed by atoms with Gasteiger partial charge in [0, 0.05) is 24.4 Å². The summed E-state index contributed by atoms with van der Waals surface area (Å²) in [5.74, 6) is -0.776. The fourth-order valence-electron chi connectivity index (χ4n) is 1.90. The van der Waals surface area contributed by atoms with E-state index in [1.807, 2.05) is 25.3 Å². The van der Waals surface area contributed by atoms with Crippen LogP contribution < -0.4 is 10.6 Å². The topological polar surface area (TPSA) is 78.4 Å². The Balaban J connectivity index is 2.10. The number of nitrogens with one attached hydrogen (secondary N) is 2. The molecule has 0 atom stereocenters. The first-order valence-corrected chi connectivity index (χ1v) is 8.03. The van der Waals surface area contributed by atoms with Crippen LogP contribution in [0.25, 0.3) is 0 Å². The van der Waals surface area contributed by atoms with Crippen molar-refractivity contribution >= 4 is 23.3 Å². The number of carbonyl (C=O) groups is 2. The standard InChI is InChI=1S/C15H24N2O3S/c1-15(2,7-5-13(18)19)8-10-17-14(20)16-9-6-12-4-3-11-21-12/h3-4,11H,5-10H2,1-2H3,(H,18,19)(H2,16,17,20). The maximum absolute atomic E-state index is 11.6. The summed E-state index contributed by atoms with van der Waals surface area (Å²) in [6, 6.07) is 3.88. The van der Waals surface area contributed by atoms with E-state index in [-0.39, 0.29) is 17.9 Å². The van der Waals surface area contributed by atoms with Gasteiger partial charge in [0.2, 0.25) is 0 Å². The molecule has 3 N–H and O–H groups in total. The molecule has 0 bridgehead atoms. The van der Waals surface area contributed by atoms with Gasteiger partial charge in [0.15, 0.2) is 0 Å². The largest absolute Gasteiger partial charge is 0.481 e. The number of rotatable bonds is 9. The molecule has 0 aliphatic carbocycles. The lowest BCUT2D eigenvalue weighted by Crippen LogP contribution is -2.38. The minimum Gasteiger partial charge on any atom is -0.481 e. The molecule has 0 saturated heterocycles. The van der Waals surface area contributed by atoms with Crippen LogP contribution >= 0.6 is 11.3 Å². The lowest BCUT2D eigenvalue weighted by atomic mass is 9.84. The Morgan fingerprint density at radius 2 is 1.95 bits per heavy atom. The second-order valence-corrected chi connectivity index (χ2v) is 6.85. The molecule has 0 saturated carbocycles. The van der Waals surface area contributed by atoms with Gasteiger partial charge in [-0.15, -0.1) is 11.3 Å². The van der Waals surface area contributed by atoms with Crippen LogP contribution in [0.3, 0.4) is 0 Å². The van der Waals surface area contributed by atoms with Crippen molar-refractivity contribution in [1.29, 1.82) is 0 Å². The van der Waals surface area contributed by atoms with Gasteiger partial charge in [-0.25, -0.2) is 4.79 Å². The predicted octanol–water partition coefficient (Wildman–Crippen LogP) is 2.87. The molecule has 0 spiro atoms. The van der Waals surface area contributed by atoms with Crippen LogP contribution in [0, 0.1) is 5.41 Å². The van der Waals surface area contributed by atoms with Crippen molar-refractivity contribution in [2.24, 2.45) is 5.41 Å². The molecular formula is C15H24N2O3S. The minimum atomic E-state index is -0.776. The summed E-state index contributed by atoms with van der Waals surface area (Å²) in [6.45, 7) is 5.21. The molecule has 0 aliphatic rings. The second-order valence-electron chi connectivity index (χ2n) is 5.82. The zero-order valence-electron chi connectivity index (χ0n) is 12.6. The lowest BCUT2D eigenvalue weighted by molar-refractivity contribution is -0.137. The highest BCUT2D eigenvalue weighted by molar-refractivity contribution is 7.09. The van der Waals surface area contributed by atoms with Gasteiger partial charge < -0.3 is 15.7 Å². The molecule has 1 aromatic heterocycles. The molecule has 1 aromatic rings. The average molecular weight is 312 g/mol. The Kier molecular flexibility index (Phi) is 7.22. The third-order valence-corrected chi connectivity index (χ3v) is 4.28. The van der Waals surface area contributed by atoms with E-state index in [4.69, 9.17) is 5.11 Å². The molecule has 0 fully saturated rings. The quantitative estimate of drug-likeness (QED) is 0.656. The van der Waals surface area contributed by atoms with Crippen molar-refractivity contribution in [3.63, 3.8) is 0 Å². The van der Waals surface area contributed by atoms with E-state index in [1.165, 1.54) is 4.88 Å². The molecule has 1 rings (SSSR count). The fraction of sp³-hybridized carbons (Fsp3) is 0.600. The summed E-state index contributed by atoms with van der Waals surface area (Å²) in [7, 11) is 0. The number of hydrogen-bond donors (Lipinski definition) is 3. The van der Waals surface area contributed by atoms with Crippen molar-refractivity contribution < 1.29 is 14.7 Å². The van der Waals surface area contributed by atoms with E-state index in [0.29, 0.717) is 19.5 Å². The molecule has 0 aromatic carbocycles. The highest BCUT2D eigenvalue weighted by atomic mass is 32.1. The Morgan fingerprint density at radius 3 is 2.57 bits per heavy atom. The molecule has 0 aliphatic heterocycles. The maximum Gasteiger partial charge on any atom is 0.314 e. The molecule has 21 heavy (non-hydrogen) atoms. The summed E-state index contributed by atoms with van der Waals surface area (Å²) in [5, 5.41) is 16.3. The van der Waals surface area contributed by atoms with Crippen molar-refractivity contribution in [3.05, 3.63) is 22.4 Å². The number of hydrogen-bond acceptors (Lipinski definition) is 3. The summed E-state index contributed by atoms with van der Waals surface area (Å²) in [6.07, 6.45) is 2.39. The molecular weight excluding hydrogens is 288 g/mol. The first-order chi connectivity index (χ1) is 9.89. The fourth-order valence-corrected chi connectivity index (χ4v) is 2.61. The van der Waals surface area contributed by atoms with Crippen molar-refractivity contribution in [1.82, 2.24) is 10.6 Å². The van der Waals surface area contributed by atoms with Crippen LogP contribution in [-0.4, -0.2) is 30.2 Å². The van der Waals surface area contributed by atoms with Crippen molar-refractivity contribution in [2.45, 2.75) is 39.5 Å². The van der Waals surface area contributed by atoms with Gasteiger partial charge in [-0.05, 0) is 36.1 Å². The van der Waals surface area contributed by atoms with Gasteiger partial charge in [0.1, 0.15) is 0 Å². The first kappa shape index (κ1) is 17.5. The van der Waals surface area contributed by atoms with Gasteiger partial charge in [0.25, 0.3) is 0 Å². The average Bonchev–Trinajstić information content (AvgIpc) is 2.89. The van der Waals surface area contributed by atoms with Crippen molar-refractivity contribution in [2.75, 3.05) is 13.1 Å². The molecule has 6 heteroatoms. The SMILES string of the molecule is CC(C)(CCNC(=O)NCCc1cccs1)CCC(=O)O. The molecule has 0 radical (unpaired) electrons. The van der Waals surface area contributed by atoms with E-state index >= 15 is 0 Å². The Bertz CT molecular complexity index is 444. The van der Waals surface area contributed by atoms with E-state index in [0.717, 1.165) is 12.8 Å². The minimum absolute atomic E-state index is 0.0807. The summed E-state index contributed by atoms with van der Waals surface area (Å²) in [4.78, 5) is 23.4. The van der Waals surface area contributed by atoms with Crippen LogP contribution in [0.4, 0.5) is 4.79 Å². The monoisotopic (exact) mass is 312 g/mol. The lowest BCUT2D eigenvalue weighted by Gasteiger charge is -2.23. The number of amides is 2. The van der Waals surface area contributed by atoms with Crippen LogP contribution in [0.5, 0.6) is 0 Å². The van der Waals surface area contributed by atoms with Gasteiger partial charge >= 0.3 is 12.0 Å². The van der Waals surface area contributed by atoms with Crippen LogP contribution in [0.2, 0.25) is 0 Å². The number of urea groups is 1.